The van der Waals surface area contributed by atoms with Crippen LogP contribution in [0.3, 0.4) is 0 Å². The van der Waals surface area contributed by atoms with Crippen molar-refractivity contribution in [1.29, 1.82) is 0 Å². The highest BCUT2D eigenvalue weighted by Gasteiger charge is 2.29. The van der Waals surface area contributed by atoms with Gasteiger partial charge in [-0.15, -0.1) is 0 Å². The van der Waals surface area contributed by atoms with Crippen molar-refractivity contribution in [3.05, 3.63) is 28.2 Å². The van der Waals surface area contributed by atoms with Crippen molar-refractivity contribution < 1.29 is 4.74 Å². The van der Waals surface area contributed by atoms with Crippen molar-refractivity contribution in [2.24, 2.45) is 11.8 Å². The number of benzene rings is 1. The summed E-state index contributed by atoms with van der Waals surface area (Å²) in [6, 6.07) is 6.85. The SMILES string of the molecule is CCCNC(c1ccc(Br)cc1OC)C1CCCC(C)C1. The van der Waals surface area contributed by atoms with Crippen molar-refractivity contribution in [2.45, 2.75) is 52.0 Å². The molecule has 0 bridgehead atoms. The Morgan fingerprint density at radius 1 is 1.38 bits per heavy atom. The van der Waals surface area contributed by atoms with E-state index in [4.69, 9.17) is 4.74 Å². The first-order valence-electron chi connectivity index (χ1n) is 8.22. The highest BCUT2D eigenvalue weighted by Crippen LogP contribution is 2.40. The zero-order chi connectivity index (χ0) is 15.2. The lowest BCUT2D eigenvalue weighted by Crippen LogP contribution is -2.32. The van der Waals surface area contributed by atoms with Crippen LogP contribution in [0.4, 0.5) is 0 Å². The van der Waals surface area contributed by atoms with Gasteiger partial charge in [0.15, 0.2) is 0 Å². The predicted molar refractivity (Wildman–Crippen MR) is 92.9 cm³/mol. The van der Waals surface area contributed by atoms with Crippen molar-refractivity contribution in [2.75, 3.05) is 13.7 Å². The smallest absolute Gasteiger partial charge is 0.124 e. The number of halogens is 1. The topological polar surface area (TPSA) is 21.3 Å². The van der Waals surface area contributed by atoms with Gasteiger partial charge in [-0.05, 0) is 49.8 Å². The predicted octanol–water partition coefficient (Wildman–Crippen LogP) is 5.32. The van der Waals surface area contributed by atoms with Crippen LogP contribution in [-0.4, -0.2) is 13.7 Å². The molecule has 0 heterocycles. The molecule has 2 nitrogen and oxygen atoms in total. The molecular weight excluding hydrogens is 326 g/mol. The Kier molecular flexibility index (Phi) is 6.56. The fourth-order valence-electron chi connectivity index (χ4n) is 3.56. The van der Waals surface area contributed by atoms with E-state index < -0.39 is 0 Å². The van der Waals surface area contributed by atoms with Gasteiger partial charge in [-0.1, -0.05) is 48.7 Å². The molecule has 2 rings (SSSR count). The standard InChI is InChI=1S/C18H28BrNO/c1-4-10-20-18(14-7-5-6-13(2)11-14)16-9-8-15(19)12-17(16)21-3/h8-9,12-14,18,20H,4-7,10-11H2,1-3H3. The average Bonchev–Trinajstić information content (AvgIpc) is 2.49. The van der Waals surface area contributed by atoms with Gasteiger partial charge in [0.25, 0.3) is 0 Å². The summed E-state index contributed by atoms with van der Waals surface area (Å²) < 4.78 is 6.71. The number of ether oxygens (including phenoxy) is 1. The monoisotopic (exact) mass is 353 g/mol. The van der Waals surface area contributed by atoms with Crippen molar-refractivity contribution >= 4 is 15.9 Å². The second-order valence-corrected chi connectivity index (χ2v) is 7.27. The van der Waals surface area contributed by atoms with E-state index in [1.807, 2.05) is 0 Å². The van der Waals surface area contributed by atoms with Crippen LogP contribution < -0.4 is 10.1 Å². The Morgan fingerprint density at radius 3 is 2.86 bits per heavy atom. The molecule has 0 spiro atoms. The number of hydrogen-bond acceptors (Lipinski definition) is 2. The zero-order valence-corrected chi connectivity index (χ0v) is 15.1. The number of rotatable bonds is 6. The zero-order valence-electron chi connectivity index (χ0n) is 13.5. The molecule has 1 N–H and O–H groups in total. The number of nitrogens with one attached hydrogen (secondary N) is 1. The molecule has 1 aliphatic carbocycles. The maximum atomic E-state index is 5.63. The highest BCUT2D eigenvalue weighted by atomic mass is 79.9. The molecule has 0 saturated heterocycles. The summed E-state index contributed by atoms with van der Waals surface area (Å²) in [5.74, 6) is 2.56. The molecule has 1 aliphatic rings. The quantitative estimate of drug-likeness (QED) is 0.746. The van der Waals surface area contributed by atoms with Gasteiger partial charge in [0.2, 0.25) is 0 Å². The molecule has 3 unspecified atom stereocenters. The van der Waals surface area contributed by atoms with Crippen LogP contribution in [0.5, 0.6) is 5.75 Å². The average molecular weight is 354 g/mol. The summed E-state index contributed by atoms with van der Waals surface area (Å²) in [5.41, 5.74) is 1.31. The van der Waals surface area contributed by atoms with E-state index in [0.717, 1.165) is 35.0 Å². The second-order valence-electron chi connectivity index (χ2n) is 6.35. The summed E-state index contributed by atoms with van der Waals surface area (Å²) in [5, 5.41) is 3.77. The molecule has 0 amide bonds. The van der Waals surface area contributed by atoms with Crippen LogP contribution in [-0.2, 0) is 0 Å². The summed E-state index contributed by atoms with van der Waals surface area (Å²) in [4.78, 5) is 0. The van der Waals surface area contributed by atoms with E-state index in [0.29, 0.717) is 6.04 Å². The Morgan fingerprint density at radius 2 is 2.19 bits per heavy atom. The molecule has 0 radical (unpaired) electrons. The molecule has 1 fully saturated rings. The van der Waals surface area contributed by atoms with Gasteiger partial charge in [0.05, 0.1) is 7.11 Å². The minimum Gasteiger partial charge on any atom is -0.496 e. The van der Waals surface area contributed by atoms with Crippen molar-refractivity contribution in [3.63, 3.8) is 0 Å². The minimum atomic E-state index is 0.413. The summed E-state index contributed by atoms with van der Waals surface area (Å²) in [6.45, 7) is 5.68. The van der Waals surface area contributed by atoms with Gasteiger partial charge >= 0.3 is 0 Å². The molecular formula is C18H28BrNO. The largest absolute Gasteiger partial charge is 0.496 e. The maximum absolute atomic E-state index is 5.63. The van der Waals surface area contributed by atoms with Gasteiger partial charge in [-0.25, -0.2) is 0 Å². The molecule has 0 aromatic heterocycles. The maximum Gasteiger partial charge on any atom is 0.124 e. The first-order valence-corrected chi connectivity index (χ1v) is 9.01. The fraction of sp³-hybridized carbons (Fsp3) is 0.667. The summed E-state index contributed by atoms with van der Waals surface area (Å²) in [6.07, 6.45) is 6.55. The number of hydrogen-bond donors (Lipinski definition) is 1. The van der Waals surface area contributed by atoms with Crippen LogP contribution in [0, 0.1) is 11.8 Å². The molecule has 3 atom stereocenters. The lowest BCUT2D eigenvalue weighted by Gasteiger charge is -2.35. The van der Waals surface area contributed by atoms with Gasteiger partial charge in [0, 0.05) is 16.1 Å². The molecule has 118 valence electrons. The van der Waals surface area contributed by atoms with Crippen molar-refractivity contribution in [1.82, 2.24) is 5.32 Å². The Hall–Kier alpha value is -0.540. The third-order valence-electron chi connectivity index (χ3n) is 4.59. The first-order chi connectivity index (χ1) is 10.2. The van der Waals surface area contributed by atoms with E-state index in [9.17, 15) is 0 Å². The van der Waals surface area contributed by atoms with Crippen LogP contribution in [0.25, 0.3) is 0 Å². The molecule has 3 heteroatoms. The van der Waals surface area contributed by atoms with E-state index in [-0.39, 0.29) is 0 Å². The molecule has 21 heavy (non-hydrogen) atoms. The van der Waals surface area contributed by atoms with E-state index in [2.05, 4.69) is 53.3 Å². The lowest BCUT2D eigenvalue weighted by molar-refractivity contribution is 0.220. The molecule has 1 aromatic rings. The molecule has 1 saturated carbocycles. The third kappa shape index (κ3) is 4.46. The number of methoxy groups -OCH3 is 1. The van der Waals surface area contributed by atoms with Gasteiger partial charge in [-0.2, -0.15) is 0 Å². The molecule has 0 aliphatic heterocycles. The Bertz CT molecular complexity index is 449. The van der Waals surface area contributed by atoms with Gasteiger partial charge in [-0.3, -0.25) is 0 Å². The van der Waals surface area contributed by atoms with E-state index >= 15 is 0 Å². The van der Waals surface area contributed by atoms with Crippen LogP contribution >= 0.6 is 15.9 Å². The second kappa shape index (κ2) is 8.19. The third-order valence-corrected chi connectivity index (χ3v) is 5.09. The molecule has 1 aromatic carbocycles. The summed E-state index contributed by atoms with van der Waals surface area (Å²) in [7, 11) is 1.77. The minimum absolute atomic E-state index is 0.413. The van der Waals surface area contributed by atoms with Gasteiger partial charge in [0.1, 0.15) is 5.75 Å². The summed E-state index contributed by atoms with van der Waals surface area (Å²) >= 11 is 3.54. The lowest BCUT2D eigenvalue weighted by atomic mass is 9.76. The van der Waals surface area contributed by atoms with Crippen LogP contribution in [0.15, 0.2) is 22.7 Å². The Balaban J connectivity index is 2.26. The first kappa shape index (κ1) is 16.8. The van der Waals surface area contributed by atoms with Crippen LogP contribution in [0.2, 0.25) is 0 Å². The van der Waals surface area contributed by atoms with Gasteiger partial charge < -0.3 is 10.1 Å². The highest BCUT2D eigenvalue weighted by molar-refractivity contribution is 9.10. The van der Waals surface area contributed by atoms with E-state index in [1.54, 1.807) is 7.11 Å². The van der Waals surface area contributed by atoms with Crippen molar-refractivity contribution in [3.8, 4) is 5.75 Å². The fourth-order valence-corrected chi connectivity index (χ4v) is 3.90. The normalized spacial score (nSPS) is 23.8. The Labute approximate surface area is 137 Å². The van der Waals surface area contributed by atoms with E-state index in [1.165, 1.54) is 31.2 Å². The van der Waals surface area contributed by atoms with Crippen LogP contribution in [0.1, 0.15) is 57.6 Å².